The van der Waals surface area contributed by atoms with E-state index in [1.165, 1.54) is 0 Å². The Labute approximate surface area is 175 Å². The number of carbonyl (C=O) groups is 1. The standard InChI is InChI=1S/C22H26N6O2/c1-14-23-19(26-22(29)15-7-9-30-10-8-15)11-20(24-14)28-12-16(13-28)21-25-17-5-3-4-6-18(17)27(21)2/h3-6,11,15-16H,7-10,12-13H2,1-2H3,(H,23,24,26,29). The lowest BCUT2D eigenvalue weighted by atomic mass is 9.99. The largest absolute Gasteiger partial charge is 0.381 e. The highest BCUT2D eigenvalue weighted by Crippen LogP contribution is 2.32. The number of amides is 1. The molecule has 1 amide bonds. The molecule has 8 heteroatoms. The number of nitrogens with zero attached hydrogens (tertiary/aromatic N) is 5. The monoisotopic (exact) mass is 406 g/mol. The van der Waals surface area contributed by atoms with Crippen LogP contribution in [0.3, 0.4) is 0 Å². The molecule has 2 aliphatic rings. The Morgan fingerprint density at radius 2 is 1.90 bits per heavy atom. The molecule has 0 spiro atoms. The van der Waals surface area contributed by atoms with Crippen LogP contribution in [0.4, 0.5) is 11.6 Å². The summed E-state index contributed by atoms with van der Waals surface area (Å²) in [5.41, 5.74) is 2.19. The lowest BCUT2D eigenvalue weighted by Gasteiger charge is -2.39. The molecule has 2 aliphatic heterocycles. The predicted octanol–water partition coefficient (Wildman–Crippen LogP) is 2.64. The maximum absolute atomic E-state index is 12.6. The van der Waals surface area contributed by atoms with Crippen molar-refractivity contribution in [2.45, 2.75) is 25.7 Å². The zero-order chi connectivity index (χ0) is 20.7. The Morgan fingerprint density at radius 1 is 1.13 bits per heavy atom. The number of benzene rings is 1. The summed E-state index contributed by atoms with van der Waals surface area (Å²) in [6.45, 7) is 4.84. The maximum atomic E-state index is 12.6. The van der Waals surface area contributed by atoms with E-state index in [4.69, 9.17) is 9.72 Å². The van der Waals surface area contributed by atoms with Gasteiger partial charge in [0, 0.05) is 45.3 Å². The molecule has 0 radical (unpaired) electrons. The SMILES string of the molecule is Cc1nc(NC(=O)C2CCOCC2)cc(N2CC(c3nc4ccccc4n3C)C2)n1. The van der Waals surface area contributed by atoms with Crippen LogP contribution in [0.1, 0.15) is 30.4 Å². The van der Waals surface area contributed by atoms with Crippen LogP contribution in [0.25, 0.3) is 11.0 Å². The molecule has 3 aromatic rings. The van der Waals surface area contributed by atoms with Gasteiger partial charge in [0.25, 0.3) is 0 Å². The molecule has 1 aromatic carbocycles. The summed E-state index contributed by atoms with van der Waals surface area (Å²) in [5.74, 6) is 3.54. The van der Waals surface area contributed by atoms with Crippen LogP contribution < -0.4 is 10.2 Å². The summed E-state index contributed by atoms with van der Waals surface area (Å²) >= 11 is 0. The number of hydrogen-bond donors (Lipinski definition) is 1. The Hall–Kier alpha value is -3.00. The summed E-state index contributed by atoms with van der Waals surface area (Å²) in [7, 11) is 2.08. The van der Waals surface area contributed by atoms with Gasteiger partial charge in [-0.15, -0.1) is 0 Å². The summed E-state index contributed by atoms with van der Waals surface area (Å²) in [5, 5.41) is 2.98. The van der Waals surface area contributed by atoms with E-state index in [1.807, 2.05) is 25.1 Å². The molecule has 156 valence electrons. The van der Waals surface area contributed by atoms with Crippen molar-refractivity contribution in [1.82, 2.24) is 19.5 Å². The van der Waals surface area contributed by atoms with Gasteiger partial charge in [-0.3, -0.25) is 4.79 Å². The molecule has 0 aliphatic carbocycles. The minimum absolute atomic E-state index is 0.0107. The van der Waals surface area contributed by atoms with E-state index >= 15 is 0 Å². The molecule has 30 heavy (non-hydrogen) atoms. The predicted molar refractivity (Wildman–Crippen MR) is 115 cm³/mol. The zero-order valence-corrected chi connectivity index (χ0v) is 17.3. The van der Waals surface area contributed by atoms with Crippen molar-refractivity contribution in [3.8, 4) is 0 Å². The molecule has 0 saturated carbocycles. The molecular formula is C22H26N6O2. The average molecular weight is 406 g/mol. The van der Waals surface area contributed by atoms with Gasteiger partial charge in [0.05, 0.1) is 17.0 Å². The van der Waals surface area contributed by atoms with E-state index in [2.05, 4.69) is 43.9 Å². The minimum atomic E-state index is -0.0107. The van der Waals surface area contributed by atoms with Crippen LogP contribution in [0.5, 0.6) is 0 Å². The van der Waals surface area contributed by atoms with Crippen LogP contribution in [-0.2, 0) is 16.6 Å². The molecule has 0 unspecified atom stereocenters. The van der Waals surface area contributed by atoms with Crippen molar-refractivity contribution >= 4 is 28.6 Å². The first kappa shape index (κ1) is 19.0. The molecule has 8 nitrogen and oxygen atoms in total. The van der Waals surface area contributed by atoms with Gasteiger partial charge < -0.3 is 19.5 Å². The number of anilines is 2. The van der Waals surface area contributed by atoms with Gasteiger partial charge in [0.15, 0.2) is 0 Å². The molecular weight excluding hydrogens is 380 g/mol. The number of ether oxygens (including phenoxy) is 1. The lowest BCUT2D eigenvalue weighted by Crippen LogP contribution is -2.46. The van der Waals surface area contributed by atoms with Crippen molar-refractivity contribution in [2.24, 2.45) is 13.0 Å². The first-order valence-electron chi connectivity index (χ1n) is 10.5. The summed E-state index contributed by atoms with van der Waals surface area (Å²) in [6, 6.07) is 10.1. The fourth-order valence-electron chi connectivity index (χ4n) is 4.32. The number of nitrogens with one attached hydrogen (secondary N) is 1. The zero-order valence-electron chi connectivity index (χ0n) is 17.3. The fraction of sp³-hybridized carbons (Fsp3) is 0.455. The Balaban J connectivity index is 1.28. The van der Waals surface area contributed by atoms with Crippen molar-refractivity contribution in [3.05, 3.63) is 42.0 Å². The van der Waals surface area contributed by atoms with Crippen molar-refractivity contribution in [3.63, 3.8) is 0 Å². The maximum Gasteiger partial charge on any atom is 0.228 e. The molecule has 0 atom stereocenters. The van der Waals surface area contributed by atoms with E-state index in [9.17, 15) is 4.79 Å². The third-order valence-electron chi connectivity index (χ3n) is 6.06. The van der Waals surface area contributed by atoms with Gasteiger partial charge in [-0.25, -0.2) is 15.0 Å². The van der Waals surface area contributed by atoms with E-state index < -0.39 is 0 Å². The molecule has 2 fully saturated rings. The van der Waals surface area contributed by atoms with E-state index in [1.54, 1.807) is 0 Å². The highest BCUT2D eigenvalue weighted by molar-refractivity contribution is 5.92. The first-order chi connectivity index (χ1) is 14.6. The van der Waals surface area contributed by atoms with E-state index in [-0.39, 0.29) is 11.8 Å². The molecule has 4 heterocycles. The number of aryl methyl sites for hydroxylation is 2. The van der Waals surface area contributed by atoms with Crippen LogP contribution in [0.15, 0.2) is 30.3 Å². The smallest absolute Gasteiger partial charge is 0.228 e. The number of fused-ring (bicyclic) bond motifs is 1. The second-order valence-electron chi connectivity index (χ2n) is 8.15. The van der Waals surface area contributed by atoms with Gasteiger partial charge in [-0.1, -0.05) is 12.1 Å². The number of rotatable bonds is 4. The van der Waals surface area contributed by atoms with Gasteiger partial charge >= 0.3 is 0 Å². The lowest BCUT2D eigenvalue weighted by molar-refractivity contribution is -0.122. The van der Waals surface area contributed by atoms with Crippen LogP contribution >= 0.6 is 0 Å². The van der Waals surface area contributed by atoms with Gasteiger partial charge in [0.2, 0.25) is 5.91 Å². The molecule has 1 N–H and O–H groups in total. The summed E-state index contributed by atoms with van der Waals surface area (Å²) in [6.07, 6.45) is 1.52. The molecule has 5 rings (SSSR count). The van der Waals surface area contributed by atoms with Gasteiger partial charge in [0.1, 0.15) is 23.3 Å². The van der Waals surface area contributed by atoms with Crippen molar-refractivity contribution < 1.29 is 9.53 Å². The van der Waals surface area contributed by atoms with Crippen LogP contribution in [0.2, 0.25) is 0 Å². The number of aromatic nitrogens is 4. The number of para-hydroxylation sites is 2. The highest BCUT2D eigenvalue weighted by atomic mass is 16.5. The molecule has 0 bridgehead atoms. The Bertz CT molecular complexity index is 1080. The van der Waals surface area contributed by atoms with E-state index in [0.717, 1.165) is 48.6 Å². The third-order valence-corrected chi connectivity index (χ3v) is 6.06. The second kappa shape index (κ2) is 7.68. The number of hydrogen-bond acceptors (Lipinski definition) is 6. The normalized spacial score (nSPS) is 17.9. The molecule has 2 aromatic heterocycles. The van der Waals surface area contributed by atoms with Crippen LogP contribution in [-0.4, -0.2) is 51.7 Å². The molecule has 2 saturated heterocycles. The first-order valence-corrected chi connectivity index (χ1v) is 10.5. The van der Waals surface area contributed by atoms with Crippen molar-refractivity contribution in [1.29, 1.82) is 0 Å². The topological polar surface area (TPSA) is 85.2 Å². The summed E-state index contributed by atoms with van der Waals surface area (Å²) in [4.78, 5) is 28.6. The van der Waals surface area contributed by atoms with Gasteiger partial charge in [-0.05, 0) is 31.9 Å². The van der Waals surface area contributed by atoms with Gasteiger partial charge in [-0.2, -0.15) is 0 Å². The highest BCUT2D eigenvalue weighted by Gasteiger charge is 2.33. The fourth-order valence-corrected chi connectivity index (χ4v) is 4.32. The van der Waals surface area contributed by atoms with E-state index in [0.29, 0.717) is 30.8 Å². The average Bonchev–Trinajstić information content (AvgIpc) is 3.04. The third kappa shape index (κ3) is 3.52. The number of carbonyl (C=O) groups excluding carboxylic acids is 1. The second-order valence-corrected chi connectivity index (χ2v) is 8.15. The quantitative estimate of drug-likeness (QED) is 0.717. The van der Waals surface area contributed by atoms with Crippen LogP contribution in [0, 0.1) is 12.8 Å². The Morgan fingerprint density at radius 3 is 2.67 bits per heavy atom. The summed E-state index contributed by atoms with van der Waals surface area (Å²) < 4.78 is 7.53. The Kier molecular flexibility index (Phi) is 4.86. The number of imidazole rings is 1. The van der Waals surface area contributed by atoms with Crippen molar-refractivity contribution in [2.75, 3.05) is 36.5 Å². The minimum Gasteiger partial charge on any atom is -0.381 e.